The van der Waals surface area contributed by atoms with Crippen molar-refractivity contribution in [1.82, 2.24) is 15.1 Å². The lowest BCUT2D eigenvalue weighted by Crippen LogP contribution is -2.60. The number of aliphatic imine (C=N–C) groups is 1. The maximum absolute atomic E-state index is 11.9. The monoisotopic (exact) mass is 436 g/mol. The number of benzene rings is 1. The predicted molar refractivity (Wildman–Crippen MR) is 117 cm³/mol. The molecule has 0 saturated carbocycles. The van der Waals surface area contributed by atoms with Crippen LogP contribution in [0.15, 0.2) is 27.7 Å². The predicted octanol–water partition coefficient (Wildman–Crippen LogP) is 4.12. The highest BCUT2D eigenvalue weighted by molar-refractivity contribution is 9.10. The van der Waals surface area contributed by atoms with E-state index in [0.717, 1.165) is 53.9 Å². The number of nitrogens with zero attached hydrogens (tertiary/aromatic N) is 3. The summed E-state index contributed by atoms with van der Waals surface area (Å²) in [4.78, 5) is 21.2. The van der Waals surface area contributed by atoms with E-state index in [1.807, 2.05) is 19.1 Å². The highest BCUT2D eigenvalue weighted by Crippen LogP contribution is 2.30. The molecule has 1 aliphatic heterocycles. The molecule has 5 nitrogen and oxygen atoms in total. The number of nitrogens with one attached hydrogen (secondary N) is 1. The first-order valence-corrected chi connectivity index (χ1v) is 10.8. The average Bonchev–Trinajstić information content (AvgIpc) is 2.61. The summed E-state index contributed by atoms with van der Waals surface area (Å²) in [5, 5.41) is 3.60. The lowest BCUT2D eigenvalue weighted by Gasteiger charge is -2.42. The van der Waals surface area contributed by atoms with E-state index in [-0.39, 0.29) is 6.04 Å². The Hall–Kier alpha value is -1.24. The summed E-state index contributed by atoms with van der Waals surface area (Å²) < 4.78 is 0.958. The Labute approximate surface area is 172 Å². The summed E-state index contributed by atoms with van der Waals surface area (Å²) in [5.41, 5.74) is 2.01. The van der Waals surface area contributed by atoms with Crippen LogP contribution in [0.2, 0.25) is 0 Å². The van der Waals surface area contributed by atoms with E-state index in [9.17, 15) is 4.79 Å². The maximum atomic E-state index is 11.9. The van der Waals surface area contributed by atoms with Gasteiger partial charge in [0.15, 0.2) is 0 Å². The standard InChI is InChI=1S/C21H33BrN4O/c1-6-9-19(26-12-16(4)23-17(5)13-26)21(25(7-2)14-27)24-20-15(3)10-8-11-18(20)22/h8,10-11,14,16-17,19,23H,6-7,9,12-13H2,1-5H3. The number of rotatable bonds is 7. The molecule has 1 aliphatic rings. The minimum Gasteiger partial charge on any atom is -0.309 e. The largest absolute Gasteiger partial charge is 0.309 e. The molecule has 1 aromatic rings. The molecule has 6 heteroatoms. The lowest BCUT2D eigenvalue weighted by atomic mass is 10.0. The van der Waals surface area contributed by atoms with Crippen molar-refractivity contribution in [2.75, 3.05) is 19.6 Å². The molecule has 1 fully saturated rings. The SMILES string of the molecule is CCCC(C(=Nc1c(C)cccc1Br)N(C=O)CC)N1CC(C)NC(C)C1. The first kappa shape index (κ1) is 22.1. The van der Waals surface area contributed by atoms with Gasteiger partial charge in [0.1, 0.15) is 5.84 Å². The van der Waals surface area contributed by atoms with E-state index in [2.05, 4.69) is 59.9 Å². The number of likely N-dealkylation sites (N-methyl/N-ethyl adjacent to an activating group) is 1. The minimum absolute atomic E-state index is 0.124. The van der Waals surface area contributed by atoms with Gasteiger partial charge in [-0.05, 0) is 61.7 Å². The van der Waals surface area contributed by atoms with Gasteiger partial charge in [-0.15, -0.1) is 0 Å². The van der Waals surface area contributed by atoms with Gasteiger partial charge in [-0.25, -0.2) is 4.99 Å². The van der Waals surface area contributed by atoms with Crippen LogP contribution in [-0.4, -0.2) is 59.8 Å². The van der Waals surface area contributed by atoms with Gasteiger partial charge in [-0.1, -0.05) is 25.5 Å². The Morgan fingerprint density at radius 3 is 2.56 bits per heavy atom. The summed E-state index contributed by atoms with van der Waals surface area (Å²) in [6.45, 7) is 13.2. The summed E-state index contributed by atoms with van der Waals surface area (Å²) in [6, 6.07) is 7.04. The van der Waals surface area contributed by atoms with Crippen LogP contribution in [-0.2, 0) is 4.79 Å². The number of amides is 1. The molecule has 1 saturated heterocycles. The first-order valence-electron chi connectivity index (χ1n) is 9.96. The molecule has 1 amide bonds. The lowest BCUT2D eigenvalue weighted by molar-refractivity contribution is -0.114. The van der Waals surface area contributed by atoms with Crippen LogP contribution in [0.5, 0.6) is 0 Å². The third-order valence-electron chi connectivity index (χ3n) is 5.06. The fourth-order valence-corrected chi connectivity index (χ4v) is 4.43. The molecule has 0 aromatic heterocycles. The van der Waals surface area contributed by atoms with Crippen molar-refractivity contribution in [2.24, 2.45) is 4.99 Å². The highest BCUT2D eigenvalue weighted by atomic mass is 79.9. The zero-order valence-corrected chi connectivity index (χ0v) is 18.8. The van der Waals surface area contributed by atoms with E-state index < -0.39 is 0 Å². The molecule has 1 heterocycles. The van der Waals surface area contributed by atoms with Crippen molar-refractivity contribution in [3.05, 3.63) is 28.2 Å². The van der Waals surface area contributed by atoms with Gasteiger partial charge >= 0.3 is 0 Å². The number of carbonyl (C=O) groups is 1. The van der Waals surface area contributed by atoms with Gasteiger partial charge < -0.3 is 10.2 Å². The number of amidine groups is 1. The van der Waals surface area contributed by atoms with Gasteiger partial charge in [0, 0.05) is 36.2 Å². The fraction of sp³-hybridized carbons (Fsp3) is 0.619. The number of carbonyl (C=O) groups excluding carboxylic acids is 1. The molecular weight excluding hydrogens is 404 g/mol. The maximum Gasteiger partial charge on any atom is 0.215 e. The Balaban J connectivity index is 2.51. The molecule has 0 spiro atoms. The van der Waals surface area contributed by atoms with Crippen LogP contribution in [0.4, 0.5) is 5.69 Å². The molecule has 3 atom stereocenters. The van der Waals surface area contributed by atoms with E-state index in [0.29, 0.717) is 18.6 Å². The van der Waals surface area contributed by atoms with Crippen molar-refractivity contribution in [1.29, 1.82) is 0 Å². The number of halogens is 1. The zero-order valence-electron chi connectivity index (χ0n) is 17.2. The molecule has 0 aliphatic carbocycles. The number of hydrogen-bond donors (Lipinski definition) is 1. The van der Waals surface area contributed by atoms with Crippen LogP contribution in [0.25, 0.3) is 0 Å². The quantitative estimate of drug-likeness (QED) is 0.397. The second-order valence-electron chi connectivity index (χ2n) is 7.49. The van der Waals surface area contributed by atoms with Crippen molar-refractivity contribution >= 4 is 33.9 Å². The Bertz CT molecular complexity index is 633. The molecule has 1 aromatic carbocycles. The number of aryl methyl sites for hydroxylation is 1. The van der Waals surface area contributed by atoms with Crippen molar-refractivity contribution < 1.29 is 4.79 Å². The summed E-state index contributed by atoms with van der Waals surface area (Å²) >= 11 is 3.63. The number of hydrogen-bond acceptors (Lipinski definition) is 4. The Morgan fingerprint density at radius 2 is 2.04 bits per heavy atom. The van der Waals surface area contributed by atoms with E-state index in [4.69, 9.17) is 4.99 Å². The molecule has 27 heavy (non-hydrogen) atoms. The van der Waals surface area contributed by atoms with E-state index in [1.165, 1.54) is 0 Å². The Morgan fingerprint density at radius 1 is 1.37 bits per heavy atom. The van der Waals surface area contributed by atoms with Crippen molar-refractivity contribution in [2.45, 2.75) is 65.6 Å². The fourth-order valence-electron chi connectivity index (χ4n) is 3.87. The van der Waals surface area contributed by atoms with Crippen molar-refractivity contribution in [3.8, 4) is 0 Å². The third-order valence-corrected chi connectivity index (χ3v) is 5.70. The molecule has 0 radical (unpaired) electrons. The van der Waals surface area contributed by atoms with Gasteiger partial charge in [-0.3, -0.25) is 9.69 Å². The second kappa shape index (κ2) is 10.3. The first-order chi connectivity index (χ1) is 12.9. The van der Waals surface area contributed by atoms with Crippen LogP contribution >= 0.6 is 15.9 Å². The van der Waals surface area contributed by atoms with Gasteiger partial charge in [0.2, 0.25) is 6.41 Å². The summed E-state index contributed by atoms with van der Waals surface area (Å²) in [5.74, 6) is 0.852. The Kier molecular flexibility index (Phi) is 8.45. The van der Waals surface area contributed by atoms with E-state index >= 15 is 0 Å². The zero-order chi connectivity index (χ0) is 20.0. The molecular formula is C21H33BrN4O. The topological polar surface area (TPSA) is 47.9 Å². The van der Waals surface area contributed by atoms with Gasteiger partial charge in [0.25, 0.3) is 0 Å². The van der Waals surface area contributed by atoms with Crippen LogP contribution in [0.3, 0.4) is 0 Å². The summed E-state index contributed by atoms with van der Waals surface area (Å²) in [7, 11) is 0. The average molecular weight is 437 g/mol. The van der Waals surface area contributed by atoms with Gasteiger partial charge in [0.05, 0.1) is 11.7 Å². The smallest absolute Gasteiger partial charge is 0.215 e. The van der Waals surface area contributed by atoms with Crippen molar-refractivity contribution in [3.63, 3.8) is 0 Å². The third kappa shape index (κ3) is 5.62. The molecule has 1 N–H and O–H groups in total. The van der Waals surface area contributed by atoms with E-state index in [1.54, 1.807) is 4.90 Å². The molecule has 2 rings (SSSR count). The van der Waals surface area contributed by atoms with Crippen LogP contribution < -0.4 is 5.32 Å². The summed E-state index contributed by atoms with van der Waals surface area (Å²) in [6.07, 6.45) is 2.94. The molecule has 3 unspecified atom stereocenters. The van der Waals surface area contributed by atoms with Gasteiger partial charge in [-0.2, -0.15) is 0 Å². The van der Waals surface area contributed by atoms with Crippen LogP contribution in [0.1, 0.15) is 46.1 Å². The molecule has 150 valence electrons. The molecule has 0 bridgehead atoms. The minimum atomic E-state index is 0.124. The normalized spacial score (nSPS) is 22.5. The number of para-hydroxylation sites is 1. The highest BCUT2D eigenvalue weighted by Gasteiger charge is 2.32. The number of piperazine rings is 1. The second-order valence-corrected chi connectivity index (χ2v) is 8.35. The van der Waals surface area contributed by atoms with Crippen LogP contribution in [0, 0.1) is 6.92 Å².